The van der Waals surface area contributed by atoms with Gasteiger partial charge in [-0.2, -0.15) is 0 Å². The van der Waals surface area contributed by atoms with Gasteiger partial charge in [-0.3, -0.25) is 0 Å². The Morgan fingerprint density at radius 3 is 2.59 bits per heavy atom. The van der Waals surface area contributed by atoms with Crippen molar-refractivity contribution in [2.75, 3.05) is 0 Å². The van der Waals surface area contributed by atoms with E-state index in [9.17, 15) is 0 Å². The van der Waals surface area contributed by atoms with Crippen LogP contribution in [0.3, 0.4) is 0 Å². The summed E-state index contributed by atoms with van der Waals surface area (Å²) < 4.78 is 5.35. The number of halogens is 1. The molecule has 0 spiro atoms. The first-order chi connectivity index (χ1) is 8.08. The van der Waals surface area contributed by atoms with E-state index in [0.717, 1.165) is 12.2 Å². The van der Waals surface area contributed by atoms with E-state index in [1.54, 1.807) is 6.26 Å². The van der Waals surface area contributed by atoms with Gasteiger partial charge in [-0.15, -0.1) is 0 Å². The van der Waals surface area contributed by atoms with Crippen LogP contribution in [-0.2, 0) is 6.42 Å². The molecule has 0 saturated heterocycles. The van der Waals surface area contributed by atoms with E-state index in [1.807, 2.05) is 13.0 Å². The molecule has 1 aromatic carbocycles. The third-order valence-corrected chi connectivity index (χ3v) is 3.96. The van der Waals surface area contributed by atoms with Gasteiger partial charge < -0.3 is 4.42 Å². The number of hydrogen-bond acceptors (Lipinski definition) is 1. The van der Waals surface area contributed by atoms with Crippen molar-refractivity contribution in [2.24, 2.45) is 0 Å². The zero-order valence-corrected chi connectivity index (χ0v) is 12.0. The van der Waals surface area contributed by atoms with E-state index in [2.05, 4.69) is 48.0 Å². The zero-order chi connectivity index (χ0) is 12.4. The summed E-state index contributed by atoms with van der Waals surface area (Å²) >= 11 is 3.75. The molecule has 1 heterocycles. The average Bonchev–Trinajstić information content (AvgIpc) is 2.70. The Hall–Kier alpha value is -1.02. The second kappa shape index (κ2) is 5.09. The monoisotopic (exact) mass is 292 g/mol. The van der Waals surface area contributed by atoms with Gasteiger partial charge in [0.15, 0.2) is 0 Å². The number of furan rings is 1. The third-order valence-electron chi connectivity index (χ3n) is 3.14. The zero-order valence-electron chi connectivity index (χ0n) is 10.5. The van der Waals surface area contributed by atoms with Gasteiger partial charge in [0.25, 0.3) is 0 Å². The molecule has 0 N–H and O–H groups in total. The van der Waals surface area contributed by atoms with Crippen molar-refractivity contribution < 1.29 is 4.42 Å². The minimum atomic E-state index is 0.321. The molecule has 0 aliphatic heterocycles. The summed E-state index contributed by atoms with van der Waals surface area (Å²) in [5.74, 6) is 0.997. The van der Waals surface area contributed by atoms with Crippen LogP contribution in [0.2, 0.25) is 0 Å². The first kappa shape index (κ1) is 12.4. The van der Waals surface area contributed by atoms with E-state index in [4.69, 9.17) is 4.42 Å². The van der Waals surface area contributed by atoms with E-state index in [-0.39, 0.29) is 0 Å². The maximum atomic E-state index is 5.35. The minimum Gasteiger partial charge on any atom is -0.469 e. The molecule has 90 valence electrons. The molecule has 2 heteroatoms. The van der Waals surface area contributed by atoms with Crippen LogP contribution in [0.1, 0.15) is 32.8 Å². The van der Waals surface area contributed by atoms with Gasteiger partial charge in [0, 0.05) is 10.4 Å². The highest BCUT2D eigenvalue weighted by Crippen LogP contribution is 2.31. The topological polar surface area (TPSA) is 13.1 Å². The summed E-state index contributed by atoms with van der Waals surface area (Å²) in [5, 5.41) is 0. The predicted octanol–water partition coefficient (Wildman–Crippen LogP) is 4.88. The Morgan fingerprint density at radius 1 is 1.18 bits per heavy atom. The quantitative estimate of drug-likeness (QED) is 0.735. The van der Waals surface area contributed by atoms with Gasteiger partial charge in [0.2, 0.25) is 0 Å². The second-order valence-corrected chi connectivity index (χ2v) is 5.64. The predicted molar refractivity (Wildman–Crippen MR) is 74.7 cm³/mol. The van der Waals surface area contributed by atoms with E-state index < -0.39 is 0 Å². The molecule has 2 aromatic rings. The number of hydrogen-bond donors (Lipinski definition) is 0. The van der Waals surface area contributed by atoms with Crippen molar-refractivity contribution in [3.63, 3.8) is 0 Å². The van der Waals surface area contributed by atoms with Crippen LogP contribution in [0.5, 0.6) is 0 Å². The maximum absolute atomic E-state index is 5.35. The number of benzene rings is 1. The lowest BCUT2D eigenvalue weighted by atomic mass is 9.99. The minimum absolute atomic E-state index is 0.321. The summed E-state index contributed by atoms with van der Waals surface area (Å²) in [6.07, 6.45) is 2.75. The fourth-order valence-corrected chi connectivity index (χ4v) is 2.87. The Labute approximate surface area is 111 Å². The van der Waals surface area contributed by atoms with Gasteiger partial charge in [0.1, 0.15) is 5.76 Å². The van der Waals surface area contributed by atoms with Crippen molar-refractivity contribution in [2.45, 2.75) is 32.0 Å². The normalized spacial score (nSPS) is 12.7. The van der Waals surface area contributed by atoms with E-state index in [0.29, 0.717) is 4.83 Å². The van der Waals surface area contributed by atoms with Crippen LogP contribution in [0, 0.1) is 20.8 Å². The molecule has 0 amide bonds. The molecule has 0 bridgehead atoms. The Bertz CT molecular complexity index is 513. The van der Waals surface area contributed by atoms with Gasteiger partial charge in [0.05, 0.1) is 6.26 Å². The summed E-state index contributed by atoms with van der Waals surface area (Å²) in [5.41, 5.74) is 5.30. The highest BCUT2D eigenvalue weighted by Gasteiger charge is 2.14. The molecule has 17 heavy (non-hydrogen) atoms. The van der Waals surface area contributed by atoms with Crippen LogP contribution < -0.4 is 0 Å². The summed E-state index contributed by atoms with van der Waals surface area (Å²) in [7, 11) is 0. The lowest BCUT2D eigenvalue weighted by molar-refractivity contribution is 0.529. The van der Waals surface area contributed by atoms with Gasteiger partial charge in [-0.05, 0) is 44.4 Å². The SMILES string of the molecule is Cc1ccc(C)c(CC(Br)c2ccoc2C)c1. The molecule has 1 atom stereocenters. The summed E-state index contributed by atoms with van der Waals surface area (Å²) in [6, 6.07) is 8.65. The first-order valence-corrected chi connectivity index (χ1v) is 6.73. The van der Waals surface area contributed by atoms with Crippen molar-refractivity contribution in [3.05, 3.63) is 58.5 Å². The number of alkyl halides is 1. The number of aryl methyl sites for hydroxylation is 3. The van der Waals surface area contributed by atoms with Crippen molar-refractivity contribution in [3.8, 4) is 0 Å². The molecule has 0 aliphatic carbocycles. The van der Waals surface area contributed by atoms with Crippen LogP contribution in [0.25, 0.3) is 0 Å². The molecule has 2 rings (SSSR count). The van der Waals surface area contributed by atoms with Crippen molar-refractivity contribution >= 4 is 15.9 Å². The highest BCUT2D eigenvalue weighted by molar-refractivity contribution is 9.09. The van der Waals surface area contributed by atoms with Crippen molar-refractivity contribution in [1.29, 1.82) is 0 Å². The smallest absolute Gasteiger partial charge is 0.105 e. The molecular formula is C15H17BrO. The van der Waals surface area contributed by atoms with Crippen LogP contribution >= 0.6 is 15.9 Å². The Balaban J connectivity index is 2.21. The van der Waals surface area contributed by atoms with Gasteiger partial charge in [-0.1, -0.05) is 39.7 Å². The third kappa shape index (κ3) is 2.81. The molecule has 0 saturated carbocycles. The van der Waals surface area contributed by atoms with Crippen LogP contribution in [0.15, 0.2) is 34.9 Å². The Kier molecular flexibility index (Phi) is 3.72. The molecule has 0 radical (unpaired) electrons. The molecule has 1 nitrogen and oxygen atoms in total. The highest BCUT2D eigenvalue weighted by atomic mass is 79.9. The Morgan fingerprint density at radius 2 is 1.94 bits per heavy atom. The molecule has 1 unspecified atom stereocenters. The standard InChI is InChI=1S/C15H17BrO/c1-10-4-5-11(2)13(8-10)9-15(16)14-6-7-17-12(14)3/h4-8,15H,9H2,1-3H3. The lowest BCUT2D eigenvalue weighted by Gasteiger charge is -2.12. The maximum Gasteiger partial charge on any atom is 0.105 e. The molecule has 0 fully saturated rings. The lowest BCUT2D eigenvalue weighted by Crippen LogP contribution is -1.98. The van der Waals surface area contributed by atoms with E-state index in [1.165, 1.54) is 22.3 Å². The fraction of sp³-hybridized carbons (Fsp3) is 0.333. The van der Waals surface area contributed by atoms with Crippen LogP contribution in [-0.4, -0.2) is 0 Å². The first-order valence-electron chi connectivity index (χ1n) is 5.82. The average molecular weight is 293 g/mol. The fourth-order valence-electron chi connectivity index (χ4n) is 2.04. The molecular weight excluding hydrogens is 276 g/mol. The van der Waals surface area contributed by atoms with Crippen LogP contribution in [0.4, 0.5) is 0 Å². The molecule has 0 aliphatic rings. The molecule has 1 aromatic heterocycles. The van der Waals surface area contributed by atoms with Crippen molar-refractivity contribution in [1.82, 2.24) is 0 Å². The van der Waals surface area contributed by atoms with Gasteiger partial charge in [-0.25, -0.2) is 0 Å². The number of rotatable bonds is 3. The van der Waals surface area contributed by atoms with Gasteiger partial charge >= 0.3 is 0 Å². The summed E-state index contributed by atoms with van der Waals surface area (Å²) in [6.45, 7) is 6.30. The largest absolute Gasteiger partial charge is 0.469 e. The second-order valence-electron chi connectivity index (χ2n) is 4.53. The van der Waals surface area contributed by atoms with E-state index >= 15 is 0 Å². The summed E-state index contributed by atoms with van der Waals surface area (Å²) in [4.78, 5) is 0.321.